The first-order chi connectivity index (χ1) is 52.2. The zero-order chi connectivity index (χ0) is 80.7. The third-order valence-corrected chi connectivity index (χ3v) is 38.3. The van der Waals surface area contributed by atoms with Gasteiger partial charge in [-0.15, -0.1) is 52.7 Å². The van der Waals surface area contributed by atoms with Crippen LogP contribution in [0.4, 0.5) is 44.5 Å². The van der Waals surface area contributed by atoms with Gasteiger partial charge in [-0.05, 0) is 84.0 Å². The Hall–Kier alpha value is -5.00. The second-order valence-corrected chi connectivity index (χ2v) is 54.7. The van der Waals surface area contributed by atoms with Crippen molar-refractivity contribution in [3.63, 3.8) is 0 Å². The molecule has 0 aliphatic heterocycles. The van der Waals surface area contributed by atoms with Crippen molar-refractivity contribution in [2.24, 2.45) is 0 Å². The zero-order valence-corrected chi connectivity index (χ0v) is 77.4. The molecule has 10 aromatic rings. The molecule has 0 bridgehead atoms. The molecule has 0 aliphatic carbocycles. The molecule has 6 aromatic heterocycles. The minimum Gasteiger partial charge on any atom is -0.269 e. The number of esters is 2. The predicted molar refractivity (Wildman–Crippen MR) is 446 cm³/mol. The Balaban J connectivity index is 0.000000281. The molecule has 4 aromatic carbocycles. The minimum atomic E-state index is -4.15. The fourth-order valence-corrected chi connectivity index (χ4v) is 26.8. The number of rotatable bonds is 39. The summed E-state index contributed by atoms with van der Waals surface area (Å²) in [5.41, 5.74) is -0.139. The molecular weight excluding hydrogens is 1890 g/mol. The number of hydrogen-bond donors (Lipinski definition) is 0. The number of fused-ring (bicyclic) bond motifs is 6. The Labute approximate surface area is 693 Å². The number of aromatic nitrogens is 6. The van der Waals surface area contributed by atoms with Crippen molar-refractivity contribution < 1.29 is 82.8 Å². The number of Topliss-reactive ketones (excluding diaryl/α,β-unsaturated/α-hetero) is 4. The minimum absolute atomic E-state index is 0. The second kappa shape index (κ2) is 43.4. The normalized spacial score (nSPS) is 11.9. The molecule has 0 N–H and O–H groups in total. The maximum absolute atomic E-state index is 15.9. The molecule has 14 nitrogen and oxygen atoms in total. The van der Waals surface area contributed by atoms with Crippen LogP contribution in [0.5, 0.6) is 0 Å². The molecule has 0 atom stereocenters. The van der Waals surface area contributed by atoms with Gasteiger partial charge >= 0.3 is 234 Å². The van der Waals surface area contributed by atoms with Crippen LogP contribution >= 0.6 is 77.2 Å². The summed E-state index contributed by atoms with van der Waals surface area (Å²) in [6.07, 6.45) is 23.4. The third kappa shape index (κ3) is 22.4. The number of alkyl halides is 4. The van der Waals surface area contributed by atoms with Gasteiger partial charge in [-0.1, -0.05) is 118 Å². The predicted octanol–water partition coefficient (Wildman–Crippen LogP) is 25.7. The largest absolute Gasteiger partial charge is 0.269 e. The monoisotopic (exact) mass is 1990 g/mol. The van der Waals surface area contributed by atoms with Gasteiger partial charge < -0.3 is 4.74 Å². The molecule has 6 heterocycles. The number of ketones is 4. The van der Waals surface area contributed by atoms with Crippen molar-refractivity contribution in [1.82, 2.24) is 30.0 Å². The van der Waals surface area contributed by atoms with E-state index in [4.69, 9.17) is 9.47 Å². The van der Waals surface area contributed by atoms with Crippen molar-refractivity contribution >= 4 is 217 Å². The molecule has 0 fully saturated rings. The van der Waals surface area contributed by atoms with Crippen molar-refractivity contribution in [1.29, 1.82) is 0 Å². The molecule has 0 aliphatic rings. The SMILES string of the molecule is CCCC(=O)C(F)(F)n1nc2c(Br)c(F)c(F)c(Br)c2n1.CCCCCCCCCCCCOC(=O)c1c2cc(C)sc2c(C(C)=O)c2cc(-c3c(F)c(F)c(C)c4nn(C(F)(F)C(=O)CCC)nc34)sc12.CCCCCCCCCCCCOC(=O)c1c2cc([CH2][Sn][CH2]C)sc2c(C(C)=O)c2c[c]([Sn]([CH3])([CH3])[CH3])sc12.F.F. The molecule has 0 spiro atoms. The van der Waals surface area contributed by atoms with E-state index in [-0.39, 0.29) is 100 Å². The Morgan fingerprint density at radius 3 is 1.29 bits per heavy atom. The average molecular weight is 1990 g/mol. The number of benzene rings is 4. The van der Waals surface area contributed by atoms with Gasteiger partial charge in [0.2, 0.25) is 11.6 Å². The molecule has 2 radical (unpaired) electrons. The van der Waals surface area contributed by atoms with Gasteiger partial charge in [0, 0.05) is 49.2 Å². The number of unbranched alkanes of at least 4 members (excludes halogenated alkanes) is 18. The van der Waals surface area contributed by atoms with E-state index in [1.807, 2.05) is 6.92 Å². The van der Waals surface area contributed by atoms with Gasteiger partial charge in [-0.2, -0.15) is 17.6 Å². The Kier molecular flexibility index (Phi) is 37.2. The van der Waals surface area contributed by atoms with Crippen LogP contribution < -0.4 is 2.89 Å². The smallest absolute Gasteiger partial charge is 0.269 e. The van der Waals surface area contributed by atoms with E-state index in [0.29, 0.717) is 44.3 Å². The molecule has 112 heavy (non-hydrogen) atoms. The molecule has 0 unspecified atom stereocenters. The van der Waals surface area contributed by atoms with Crippen LogP contribution in [0.3, 0.4) is 0 Å². The summed E-state index contributed by atoms with van der Waals surface area (Å²) in [5.74, 6) is -9.07. The van der Waals surface area contributed by atoms with Gasteiger partial charge in [-0.3, -0.25) is 23.8 Å². The standard InChI is InChI=1S/C38H43F4N3O4S2.C26H32O3S2.C11H7Br2F4N3O.C2H5.3CH3.2FH.2Sn/c1-6-8-9-10-11-12-13-14-15-16-18-49-37(48)29-24-19-21(3)50-35(24)28(23(5)46)25-20-26(51-36(25)29)30-32(40)31(39)22(4)33-34(30)44-45(43-33)38(41,42)27(47)17-7-2;1-4-5-6-7-8-9-10-11-12-13-15-29-26(28)23-21-17-18(2)31-25(21)22(19(3)27)20-14-16-30-24(20)23;1-2-3-4(21)11(16,17)20-18-9-5(12)7(14)8(15)6(13)10(9)19-20;1-2;;;;;;;/h19-20H,6-18H2,1-5H3;14,17H,2,4-13,15H2,1,3H3;2-3H2,1H3;1H2,2H3;3*1H3;2*1H;;. The van der Waals surface area contributed by atoms with Crippen molar-refractivity contribution in [3.05, 3.63) is 94.1 Å². The number of nitrogens with zero attached hydrogens (tertiary/aromatic N) is 6. The molecule has 0 saturated heterocycles. The van der Waals surface area contributed by atoms with Gasteiger partial charge in [0.15, 0.2) is 29.1 Å². The quantitative estimate of drug-likeness (QED) is 0.00677. The van der Waals surface area contributed by atoms with E-state index in [0.717, 1.165) is 78.5 Å². The summed E-state index contributed by atoms with van der Waals surface area (Å²) in [5, 5.41) is 17.2. The van der Waals surface area contributed by atoms with E-state index in [2.05, 4.69) is 100.0 Å². The number of hydrogen-bond acceptors (Lipinski definition) is 16. The summed E-state index contributed by atoms with van der Waals surface area (Å²) in [7, 11) is 0. The van der Waals surface area contributed by atoms with Crippen LogP contribution in [0.2, 0.25) is 19.3 Å². The molecule has 612 valence electrons. The summed E-state index contributed by atoms with van der Waals surface area (Å²) < 4.78 is 134. The van der Waals surface area contributed by atoms with Crippen LogP contribution in [0.1, 0.15) is 259 Å². The number of carbonyl (C=O) groups is 6. The maximum Gasteiger partial charge on any atom is -0.269 e. The third-order valence-electron chi connectivity index (χ3n) is 18.9. The number of carbonyl (C=O) groups excluding carboxylic acids is 6. The van der Waals surface area contributed by atoms with E-state index in [9.17, 15) is 46.3 Å². The number of halogens is 12. The Morgan fingerprint density at radius 2 is 0.857 bits per heavy atom. The summed E-state index contributed by atoms with van der Waals surface area (Å²) >= 11 is 8.35. The number of aryl methyl sites for hydroxylation is 2. The second-order valence-electron chi connectivity index (χ2n) is 28.7. The molecular formula is C80H98Br2F10N6O8S4Sn2. The van der Waals surface area contributed by atoms with Crippen LogP contribution in [0, 0.1) is 37.1 Å². The molecule has 10 rings (SSSR count). The Bertz CT molecular complexity index is 4950. The first-order valence-electron chi connectivity index (χ1n) is 38.0. The summed E-state index contributed by atoms with van der Waals surface area (Å²) in [6, 6.07) is -0.432. The summed E-state index contributed by atoms with van der Waals surface area (Å²) in [6.45, 7) is 16.7. The number of thiophene rings is 4. The van der Waals surface area contributed by atoms with Crippen molar-refractivity contribution in [3.8, 4) is 10.4 Å². The zero-order valence-electron chi connectivity index (χ0n) is 65.3. The molecule has 32 heteroatoms. The van der Waals surface area contributed by atoms with Crippen LogP contribution in [0.25, 0.3) is 72.9 Å². The van der Waals surface area contributed by atoms with E-state index < -0.39 is 113 Å². The van der Waals surface area contributed by atoms with Gasteiger partial charge in [-0.25, -0.2) is 22.4 Å². The van der Waals surface area contributed by atoms with Gasteiger partial charge in [0.1, 0.15) is 22.1 Å². The Morgan fingerprint density at radius 1 is 0.473 bits per heavy atom. The van der Waals surface area contributed by atoms with Crippen molar-refractivity contribution in [2.45, 2.75) is 252 Å². The average Bonchev–Trinajstić information content (AvgIpc) is 1.56. The van der Waals surface area contributed by atoms with Crippen LogP contribution in [-0.4, -0.2) is 118 Å². The van der Waals surface area contributed by atoms with Crippen LogP contribution in [0.15, 0.2) is 33.2 Å². The molecule has 0 saturated carbocycles. The first kappa shape index (κ1) is 95.8. The fourth-order valence-electron chi connectivity index (χ4n) is 13.0. The summed E-state index contributed by atoms with van der Waals surface area (Å²) in [4.78, 5) is 86.4. The van der Waals surface area contributed by atoms with Crippen LogP contribution in [-0.2, 0) is 35.6 Å². The maximum atomic E-state index is 15.9. The van der Waals surface area contributed by atoms with E-state index >= 15 is 17.6 Å². The van der Waals surface area contributed by atoms with Gasteiger partial charge in [0.05, 0.1) is 31.4 Å². The fraction of sp³-hybridized carbons (Fsp3) is 0.525. The topological polar surface area (TPSA) is 182 Å². The van der Waals surface area contributed by atoms with E-state index in [1.54, 1.807) is 49.5 Å². The van der Waals surface area contributed by atoms with E-state index in [1.165, 1.54) is 133 Å². The van der Waals surface area contributed by atoms with Gasteiger partial charge in [0.25, 0.3) is 0 Å². The molecule has 0 amide bonds. The number of ether oxygens (including phenoxy) is 2. The first-order valence-corrected chi connectivity index (χ1v) is 56.9. The van der Waals surface area contributed by atoms with Crippen molar-refractivity contribution in [2.75, 3.05) is 13.2 Å².